The van der Waals surface area contributed by atoms with Crippen LogP contribution in [0.5, 0.6) is 0 Å². The molecule has 26 heavy (non-hydrogen) atoms. The lowest BCUT2D eigenvalue weighted by molar-refractivity contribution is -0.0246. The average Bonchev–Trinajstić information content (AvgIpc) is 3.15. The van der Waals surface area contributed by atoms with E-state index in [1.807, 2.05) is 60.3 Å². The van der Waals surface area contributed by atoms with Gasteiger partial charge in [0.2, 0.25) is 0 Å². The number of imidazole rings is 1. The zero-order chi connectivity index (χ0) is 18.1. The molecule has 4 rings (SSSR count). The van der Waals surface area contributed by atoms with E-state index in [1.165, 1.54) is 0 Å². The summed E-state index contributed by atoms with van der Waals surface area (Å²) in [7, 11) is 3.91. The summed E-state index contributed by atoms with van der Waals surface area (Å²) in [6.45, 7) is 1.56. The van der Waals surface area contributed by atoms with Gasteiger partial charge in [0.1, 0.15) is 11.9 Å². The summed E-state index contributed by atoms with van der Waals surface area (Å²) in [6, 6.07) is 11.4. The summed E-state index contributed by atoms with van der Waals surface area (Å²) in [6.07, 6.45) is 1.41. The lowest BCUT2D eigenvalue weighted by atomic mass is 10.1. The standard InChI is InChI=1S/C19H21N5O2/c1-23(2)18-5-3-4-15(22-18)17-11-24(8-9-26-17)19(25)13-6-7-14-16(10-13)21-12-20-14/h3-7,10,12,17H,8-9,11H2,1-2H3,(H,20,21)/t17-/m0/s1. The van der Waals surface area contributed by atoms with Gasteiger partial charge in [-0.15, -0.1) is 0 Å². The van der Waals surface area contributed by atoms with Crippen LogP contribution in [0.4, 0.5) is 5.82 Å². The molecule has 0 spiro atoms. The Kier molecular flexibility index (Phi) is 4.30. The molecule has 1 aromatic carbocycles. The number of hydrogen-bond donors (Lipinski definition) is 1. The first kappa shape index (κ1) is 16.5. The highest BCUT2D eigenvalue weighted by atomic mass is 16.5. The Morgan fingerprint density at radius 1 is 1.31 bits per heavy atom. The molecule has 1 amide bonds. The number of amides is 1. The topological polar surface area (TPSA) is 74.3 Å². The molecule has 7 nitrogen and oxygen atoms in total. The maximum absolute atomic E-state index is 12.9. The molecule has 134 valence electrons. The summed E-state index contributed by atoms with van der Waals surface area (Å²) in [5.74, 6) is 0.873. The Bertz CT molecular complexity index is 936. The lowest BCUT2D eigenvalue weighted by Crippen LogP contribution is -2.42. The van der Waals surface area contributed by atoms with Crippen LogP contribution in [0, 0.1) is 0 Å². The highest BCUT2D eigenvalue weighted by molar-refractivity contribution is 5.97. The zero-order valence-corrected chi connectivity index (χ0v) is 14.8. The molecule has 3 aromatic rings. The fourth-order valence-electron chi connectivity index (χ4n) is 3.13. The van der Waals surface area contributed by atoms with Gasteiger partial charge in [0.05, 0.1) is 36.2 Å². The third kappa shape index (κ3) is 3.13. The van der Waals surface area contributed by atoms with E-state index in [0.29, 0.717) is 25.3 Å². The normalized spacial score (nSPS) is 17.5. The van der Waals surface area contributed by atoms with Gasteiger partial charge in [-0.2, -0.15) is 0 Å². The molecule has 1 aliphatic rings. The van der Waals surface area contributed by atoms with Gasteiger partial charge in [0.25, 0.3) is 5.91 Å². The van der Waals surface area contributed by atoms with Crippen LogP contribution < -0.4 is 4.90 Å². The van der Waals surface area contributed by atoms with Crippen LogP contribution in [-0.2, 0) is 4.74 Å². The van der Waals surface area contributed by atoms with Crippen molar-refractivity contribution in [2.75, 3.05) is 38.7 Å². The summed E-state index contributed by atoms with van der Waals surface area (Å²) in [5, 5.41) is 0. The number of aromatic amines is 1. The summed E-state index contributed by atoms with van der Waals surface area (Å²) >= 11 is 0. The number of fused-ring (bicyclic) bond motifs is 1. The van der Waals surface area contributed by atoms with E-state index in [0.717, 1.165) is 22.5 Å². The van der Waals surface area contributed by atoms with Crippen LogP contribution in [-0.4, -0.2) is 59.6 Å². The Balaban J connectivity index is 1.54. The van der Waals surface area contributed by atoms with Crippen molar-refractivity contribution in [2.45, 2.75) is 6.10 Å². The first-order chi connectivity index (χ1) is 12.6. The molecule has 0 radical (unpaired) electrons. The fraction of sp³-hybridized carbons (Fsp3) is 0.316. The molecule has 0 aliphatic carbocycles. The number of pyridine rings is 1. The van der Waals surface area contributed by atoms with Crippen LogP contribution in [0.1, 0.15) is 22.2 Å². The van der Waals surface area contributed by atoms with Crippen molar-refractivity contribution < 1.29 is 9.53 Å². The third-order valence-electron chi connectivity index (χ3n) is 4.56. The molecule has 1 N–H and O–H groups in total. The number of hydrogen-bond acceptors (Lipinski definition) is 5. The fourth-order valence-corrected chi connectivity index (χ4v) is 3.13. The Labute approximate surface area is 151 Å². The van der Waals surface area contributed by atoms with Crippen molar-refractivity contribution in [3.05, 3.63) is 54.0 Å². The van der Waals surface area contributed by atoms with Gasteiger partial charge in [-0.05, 0) is 30.3 Å². The molecule has 1 atom stereocenters. The summed E-state index contributed by atoms with van der Waals surface area (Å²) in [5.41, 5.74) is 3.21. The van der Waals surface area contributed by atoms with E-state index < -0.39 is 0 Å². The molecule has 1 saturated heterocycles. The number of anilines is 1. The van der Waals surface area contributed by atoms with Crippen LogP contribution in [0.2, 0.25) is 0 Å². The van der Waals surface area contributed by atoms with Crippen LogP contribution in [0.3, 0.4) is 0 Å². The minimum absolute atomic E-state index is 0.00133. The number of nitrogens with one attached hydrogen (secondary N) is 1. The Hall–Kier alpha value is -2.93. The van der Waals surface area contributed by atoms with Gasteiger partial charge < -0.3 is 19.5 Å². The van der Waals surface area contributed by atoms with E-state index in [2.05, 4.69) is 15.0 Å². The van der Waals surface area contributed by atoms with E-state index in [-0.39, 0.29) is 12.0 Å². The van der Waals surface area contributed by atoms with Gasteiger partial charge in [0, 0.05) is 26.2 Å². The molecule has 3 heterocycles. The van der Waals surface area contributed by atoms with E-state index in [1.54, 1.807) is 6.33 Å². The molecule has 0 bridgehead atoms. The predicted octanol–water partition coefficient (Wildman–Crippen LogP) is 2.24. The van der Waals surface area contributed by atoms with Crippen LogP contribution in [0.25, 0.3) is 11.0 Å². The van der Waals surface area contributed by atoms with E-state index in [4.69, 9.17) is 4.74 Å². The molecular formula is C19H21N5O2. The van der Waals surface area contributed by atoms with Crippen molar-refractivity contribution in [3.63, 3.8) is 0 Å². The zero-order valence-electron chi connectivity index (χ0n) is 14.8. The lowest BCUT2D eigenvalue weighted by Gasteiger charge is -2.33. The summed E-state index contributed by atoms with van der Waals surface area (Å²) < 4.78 is 5.88. The second-order valence-electron chi connectivity index (χ2n) is 6.56. The maximum Gasteiger partial charge on any atom is 0.254 e. The first-order valence-corrected chi connectivity index (χ1v) is 8.60. The Morgan fingerprint density at radius 3 is 3.04 bits per heavy atom. The van der Waals surface area contributed by atoms with Crippen molar-refractivity contribution >= 4 is 22.8 Å². The number of benzene rings is 1. The number of carbonyl (C=O) groups is 1. The van der Waals surface area contributed by atoms with Gasteiger partial charge in [-0.1, -0.05) is 6.07 Å². The number of carbonyl (C=O) groups excluding carboxylic acids is 1. The minimum atomic E-state index is -0.219. The van der Waals surface area contributed by atoms with E-state index >= 15 is 0 Å². The number of aromatic nitrogens is 3. The number of rotatable bonds is 3. The molecule has 1 aliphatic heterocycles. The van der Waals surface area contributed by atoms with Gasteiger partial charge in [-0.25, -0.2) is 9.97 Å². The number of morpholine rings is 1. The monoisotopic (exact) mass is 351 g/mol. The minimum Gasteiger partial charge on any atom is -0.368 e. The van der Waals surface area contributed by atoms with Crippen LogP contribution in [0.15, 0.2) is 42.7 Å². The largest absolute Gasteiger partial charge is 0.368 e. The predicted molar refractivity (Wildman–Crippen MR) is 99.3 cm³/mol. The van der Waals surface area contributed by atoms with Gasteiger partial charge in [-0.3, -0.25) is 4.79 Å². The van der Waals surface area contributed by atoms with Crippen LogP contribution >= 0.6 is 0 Å². The summed E-state index contributed by atoms with van der Waals surface area (Å²) in [4.78, 5) is 28.6. The number of nitrogens with zero attached hydrogens (tertiary/aromatic N) is 4. The highest BCUT2D eigenvalue weighted by Crippen LogP contribution is 2.24. The Morgan fingerprint density at radius 2 is 2.19 bits per heavy atom. The first-order valence-electron chi connectivity index (χ1n) is 8.60. The highest BCUT2D eigenvalue weighted by Gasteiger charge is 2.27. The van der Waals surface area contributed by atoms with Crippen molar-refractivity contribution in [1.29, 1.82) is 0 Å². The van der Waals surface area contributed by atoms with E-state index in [9.17, 15) is 4.79 Å². The number of H-pyrrole nitrogens is 1. The third-order valence-corrected chi connectivity index (χ3v) is 4.56. The second-order valence-corrected chi connectivity index (χ2v) is 6.56. The van der Waals surface area contributed by atoms with Crippen molar-refractivity contribution in [3.8, 4) is 0 Å². The van der Waals surface area contributed by atoms with Gasteiger partial charge >= 0.3 is 0 Å². The maximum atomic E-state index is 12.9. The SMILES string of the molecule is CN(C)c1cccc([C@@H]2CN(C(=O)c3ccc4nc[nH]c4c3)CCO2)n1. The molecular weight excluding hydrogens is 330 g/mol. The van der Waals surface area contributed by atoms with Crippen molar-refractivity contribution in [2.24, 2.45) is 0 Å². The molecule has 1 fully saturated rings. The molecule has 2 aromatic heterocycles. The average molecular weight is 351 g/mol. The smallest absolute Gasteiger partial charge is 0.254 e. The molecule has 0 saturated carbocycles. The second kappa shape index (κ2) is 6.76. The van der Waals surface area contributed by atoms with Crippen molar-refractivity contribution in [1.82, 2.24) is 19.9 Å². The molecule has 0 unspecified atom stereocenters. The quantitative estimate of drug-likeness (QED) is 0.783. The molecule has 7 heteroatoms. The number of ether oxygens (including phenoxy) is 1. The van der Waals surface area contributed by atoms with Gasteiger partial charge in [0.15, 0.2) is 0 Å².